The fourth-order valence-corrected chi connectivity index (χ4v) is 1.23. The quantitative estimate of drug-likeness (QED) is 0.711. The molecule has 3 heteroatoms. The van der Waals surface area contributed by atoms with E-state index in [0.717, 1.165) is 17.9 Å². The molecule has 0 aromatic heterocycles. The zero-order valence-electron chi connectivity index (χ0n) is 7.98. The Morgan fingerprint density at radius 1 is 1.36 bits per heavy atom. The Bertz CT molecular complexity index is 277. The van der Waals surface area contributed by atoms with Crippen LogP contribution in [0, 0.1) is 0 Å². The van der Waals surface area contributed by atoms with E-state index in [9.17, 15) is 0 Å². The van der Waals surface area contributed by atoms with Gasteiger partial charge in [0, 0.05) is 6.61 Å². The third kappa shape index (κ3) is 2.72. The van der Waals surface area contributed by atoms with E-state index in [1.807, 2.05) is 24.3 Å². The van der Waals surface area contributed by atoms with Crippen molar-refractivity contribution in [2.24, 2.45) is 0 Å². The summed E-state index contributed by atoms with van der Waals surface area (Å²) in [4.78, 5) is 0. The summed E-state index contributed by atoms with van der Waals surface area (Å²) in [5, 5.41) is 8.73. The van der Waals surface area contributed by atoms with Crippen LogP contribution >= 0.6 is 0 Å². The molecule has 0 unspecified atom stereocenters. The van der Waals surface area contributed by atoms with Crippen molar-refractivity contribution in [3.63, 3.8) is 0 Å². The summed E-state index contributed by atoms with van der Waals surface area (Å²) in [5.74, 6) is 0.863. The van der Waals surface area contributed by atoms with Crippen molar-refractivity contribution in [1.82, 2.24) is 0 Å². The van der Waals surface area contributed by atoms with Gasteiger partial charge in [-0.05, 0) is 24.1 Å². The molecule has 0 amide bonds. The third-order valence-electron chi connectivity index (χ3n) is 2.16. The van der Waals surface area contributed by atoms with Gasteiger partial charge < -0.3 is 14.6 Å². The number of hydrogen-bond donors (Lipinski definition) is 1. The van der Waals surface area contributed by atoms with Crippen molar-refractivity contribution in [2.45, 2.75) is 12.5 Å². The second-order valence-electron chi connectivity index (χ2n) is 3.38. The molecule has 3 nitrogen and oxygen atoms in total. The van der Waals surface area contributed by atoms with E-state index in [1.165, 1.54) is 0 Å². The fraction of sp³-hybridized carbons (Fsp3) is 0.455. The Kier molecular flexibility index (Phi) is 3.01. The Morgan fingerprint density at radius 2 is 2.07 bits per heavy atom. The van der Waals surface area contributed by atoms with Gasteiger partial charge in [-0.15, -0.1) is 0 Å². The monoisotopic (exact) mass is 194 g/mol. The third-order valence-corrected chi connectivity index (χ3v) is 2.16. The number of aliphatic hydroxyl groups is 1. The largest absolute Gasteiger partial charge is 0.491 e. The highest BCUT2D eigenvalue weighted by molar-refractivity contribution is 5.27. The first-order valence-electron chi connectivity index (χ1n) is 4.82. The molecule has 76 valence electrons. The van der Waals surface area contributed by atoms with Gasteiger partial charge in [-0.25, -0.2) is 0 Å². The van der Waals surface area contributed by atoms with Crippen LogP contribution in [0.25, 0.3) is 0 Å². The van der Waals surface area contributed by atoms with Crippen LogP contribution in [0.4, 0.5) is 0 Å². The van der Waals surface area contributed by atoms with Gasteiger partial charge in [0.05, 0.1) is 6.61 Å². The number of ether oxygens (including phenoxy) is 2. The fourth-order valence-electron chi connectivity index (χ4n) is 1.23. The number of benzene rings is 1. The Balaban J connectivity index is 1.84. The maximum atomic E-state index is 8.73. The van der Waals surface area contributed by atoms with E-state index in [4.69, 9.17) is 14.6 Å². The van der Waals surface area contributed by atoms with Crippen molar-refractivity contribution in [1.29, 1.82) is 0 Å². The molecular formula is C11H14O3. The van der Waals surface area contributed by atoms with Crippen molar-refractivity contribution >= 4 is 0 Å². The van der Waals surface area contributed by atoms with Crippen LogP contribution in [-0.4, -0.2) is 31.0 Å². The number of rotatable bonds is 5. The van der Waals surface area contributed by atoms with Crippen LogP contribution < -0.4 is 4.74 Å². The number of hydrogen-bond acceptors (Lipinski definition) is 3. The minimum atomic E-state index is 0.191. The van der Waals surface area contributed by atoms with Gasteiger partial charge in [0.25, 0.3) is 0 Å². The minimum absolute atomic E-state index is 0.191. The first-order valence-corrected chi connectivity index (χ1v) is 4.82. The predicted octanol–water partition coefficient (Wildman–Crippen LogP) is 0.999. The highest BCUT2D eigenvalue weighted by Crippen LogP contribution is 2.15. The average Bonchev–Trinajstić information content (AvgIpc) is 3.01. The molecule has 1 aromatic carbocycles. The van der Waals surface area contributed by atoms with E-state index in [1.54, 1.807) is 0 Å². The van der Waals surface area contributed by atoms with Crippen molar-refractivity contribution < 1.29 is 14.6 Å². The Morgan fingerprint density at radius 3 is 2.64 bits per heavy atom. The van der Waals surface area contributed by atoms with Crippen LogP contribution in [0.1, 0.15) is 5.56 Å². The number of aliphatic hydroxyl groups excluding tert-OH is 1. The van der Waals surface area contributed by atoms with Gasteiger partial charge in [-0.2, -0.15) is 0 Å². The summed E-state index contributed by atoms with van der Waals surface area (Å²) < 4.78 is 10.5. The molecule has 0 aliphatic carbocycles. The molecule has 1 atom stereocenters. The highest BCUT2D eigenvalue weighted by Gasteiger charge is 2.22. The molecule has 1 aliphatic heterocycles. The maximum Gasteiger partial charge on any atom is 0.119 e. The first-order chi connectivity index (χ1) is 6.88. The Labute approximate surface area is 83.3 Å². The molecule has 1 N–H and O–H groups in total. The lowest BCUT2D eigenvalue weighted by Gasteiger charge is -2.04. The molecule has 1 fully saturated rings. The molecule has 1 heterocycles. The van der Waals surface area contributed by atoms with Gasteiger partial charge in [0.2, 0.25) is 0 Å². The van der Waals surface area contributed by atoms with Crippen LogP contribution in [0.3, 0.4) is 0 Å². The topological polar surface area (TPSA) is 42.0 Å². The Hall–Kier alpha value is -1.06. The van der Waals surface area contributed by atoms with Crippen LogP contribution in [0.15, 0.2) is 24.3 Å². The van der Waals surface area contributed by atoms with E-state index < -0.39 is 0 Å². The molecule has 1 aromatic rings. The molecular weight excluding hydrogens is 180 g/mol. The second-order valence-corrected chi connectivity index (χ2v) is 3.38. The molecule has 0 radical (unpaired) electrons. The van der Waals surface area contributed by atoms with E-state index in [2.05, 4.69) is 0 Å². The van der Waals surface area contributed by atoms with E-state index >= 15 is 0 Å². The lowest BCUT2D eigenvalue weighted by Crippen LogP contribution is -2.03. The molecule has 0 bridgehead atoms. The highest BCUT2D eigenvalue weighted by atomic mass is 16.6. The molecule has 0 saturated carbocycles. The standard InChI is InChI=1S/C11H14O3/c12-6-5-9-1-3-10(4-2-9)13-7-11-8-14-11/h1-4,11-12H,5-8H2/t11-/m1/s1. The van der Waals surface area contributed by atoms with Gasteiger partial charge in [-0.3, -0.25) is 0 Å². The molecule has 14 heavy (non-hydrogen) atoms. The van der Waals surface area contributed by atoms with Crippen molar-refractivity contribution in [3.05, 3.63) is 29.8 Å². The zero-order chi connectivity index (χ0) is 9.80. The molecule has 2 rings (SSSR count). The summed E-state index contributed by atoms with van der Waals surface area (Å²) in [5.41, 5.74) is 1.13. The van der Waals surface area contributed by atoms with E-state index in [0.29, 0.717) is 19.1 Å². The van der Waals surface area contributed by atoms with Crippen LogP contribution in [0.5, 0.6) is 5.75 Å². The summed E-state index contributed by atoms with van der Waals surface area (Å²) in [6.07, 6.45) is 0.999. The maximum absolute atomic E-state index is 8.73. The average molecular weight is 194 g/mol. The molecule has 0 spiro atoms. The summed E-state index contributed by atoms with van der Waals surface area (Å²) >= 11 is 0. The minimum Gasteiger partial charge on any atom is -0.491 e. The molecule has 1 saturated heterocycles. The zero-order valence-corrected chi connectivity index (χ0v) is 7.98. The van der Waals surface area contributed by atoms with Gasteiger partial charge in [0.1, 0.15) is 18.5 Å². The number of epoxide rings is 1. The summed E-state index contributed by atoms with van der Waals surface area (Å²) in [7, 11) is 0. The summed E-state index contributed by atoms with van der Waals surface area (Å²) in [6, 6.07) is 7.79. The lowest BCUT2D eigenvalue weighted by molar-refractivity contribution is 0.263. The van der Waals surface area contributed by atoms with Gasteiger partial charge >= 0.3 is 0 Å². The summed E-state index contributed by atoms with van der Waals surface area (Å²) in [6.45, 7) is 1.65. The van der Waals surface area contributed by atoms with Crippen molar-refractivity contribution in [3.8, 4) is 5.75 Å². The second kappa shape index (κ2) is 4.44. The first kappa shape index (κ1) is 9.49. The van der Waals surface area contributed by atoms with Crippen LogP contribution in [0.2, 0.25) is 0 Å². The predicted molar refractivity (Wildman–Crippen MR) is 52.5 cm³/mol. The van der Waals surface area contributed by atoms with Crippen LogP contribution in [-0.2, 0) is 11.2 Å². The van der Waals surface area contributed by atoms with Gasteiger partial charge in [0.15, 0.2) is 0 Å². The van der Waals surface area contributed by atoms with E-state index in [-0.39, 0.29) is 6.61 Å². The van der Waals surface area contributed by atoms with Crippen molar-refractivity contribution in [2.75, 3.05) is 19.8 Å². The normalized spacial score (nSPS) is 19.4. The lowest BCUT2D eigenvalue weighted by atomic mass is 10.1. The van der Waals surface area contributed by atoms with Gasteiger partial charge in [-0.1, -0.05) is 12.1 Å². The SMILES string of the molecule is OCCc1ccc(OC[C@@H]2CO2)cc1. The smallest absolute Gasteiger partial charge is 0.119 e. The molecule has 1 aliphatic rings.